The van der Waals surface area contributed by atoms with Crippen LogP contribution in [0.3, 0.4) is 0 Å². The van der Waals surface area contributed by atoms with Crippen molar-refractivity contribution < 1.29 is 0 Å². The molecule has 7 heteroatoms. The third-order valence-electron chi connectivity index (χ3n) is 4.73. The van der Waals surface area contributed by atoms with Crippen LogP contribution in [0.4, 0.5) is 0 Å². The molecule has 130 valence electrons. The van der Waals surface area contributed by atoms with Crippen molar-refractivity contribution in [1.29, 1.82) is 0 Å². The molecule has 0 aromatic carbocycles. The fourth-order valence-corrected chi connectivity index (χ4v) is 4.71. The molecule has 4 rings (SSSR count). The zero-order chi connectivity index (χ0) is 17.2. The highest BCUT2D eigenvalue weighted by Crippen LogP contribution is 2.34. The van der Waals surface area contributed by atoms with Crippen LogP contribution in [0.2, 0.25) is 0 Å². The molecule has 0 saturated carbocycles. The van der Waals surface area contributed by atoms with Crippen molar-refractivity contribution >= 4 is 23.6 Å². The summed E-state index contributed by atoms with van der Waals surface area (Å²) in [4.78, 5) is 8.03. The van der Waals surface area contributed by atoms with Gasteiger partial charge in [0, 0.05) is 42.0 Å². The van der Waals surface area contributed by atoms with Crippen molar-refractivity contribution in [3.05, 3.63) is 51.7 Å². The second kappa shape index (κ2) is 7.19. The van der Waals surface area contributed by atoms with Gasteiger partial charge in [0.1, 0.15) is 0 Å². The van der Waals surface area contributed by atoms with E-state index >= 15 is 0 Å². The average molecular weight is 372 g/mol. The van der Waals surface area contributed by atoms with E-state index in [0.29, 0.717) is 6.04 Å². The van der Waals surface area contributed by atoms with E-state index in [4.69, 9.17) is 17.3 Å². The minimum absolute atomic E-state index is 0.484. The Balaban J connectivity index is 1.65. The fraction of sp³-hybridized carbons (Fsp3) is 0.389. The smallest absolute Gasteiger partial charge is 0.199 e. The van der Waals surface area contributed by atoms with Crippen molar-refractivity contribution in [2.75, 3.05) is 6.54 Å². The van der Waals surface area contributed by atoms with E-state index in [2.05, 4.69) is 38.9 Å². The molecule has 1 aliphatic rings. The highest BCUT2D eigenvalue weighted by atomic mass is 32.1. The van der Waals surface area contributed by atoms with Crippen LogP contribution in [-0.4, -0.2) is 30.8 Å². The molecule has 1 aliphatic heterocycles. The Morgan fingerprint density at radius 3 is 2.84 bits per heavy atom. The van der Waals surface area contributed by atoms with E-state index in [9.17, 15) is 0 Å². The zero-order valence-electron chi connectivity index (χ0n) is 14.2. The predicted octanol–water partition coefficient (Wildman–Crippen LogP) is 4.35. The van der Waals surface area contributed by atoms with Gasteiger partial charge >= 0.3 is 0 Å². The standard InChI is InChI=1S/C18H21N5S2/c1-2-22-17(14-7-9-19-10-8-14)20-23(18(22)24)13-21-11-3-5-15(21)16-6-4-12-25-16/h4,6-10,12,15H,2-3,5,11,13H2,1H3/t15-/m1/s1. The van der Waals surface area contributed by atoms with E-state index < -0.39 is 0 Å². The van der Waals surface area contributed by atoms with Gasteiger partial charge in [-0.2, -0.15) is 5.10 Å². The maximum atomic E-state index is 5.71. The molecule has 0 amide bonds. The topological polar surface area (TPSA) is 38.9 Å². The molecule has 0 spiro atoms. The molecule has 5 nitrogen and oxygen atoms in total. The molecule has 1 atom stereocenters. The highest BCUT2D eigenvalue weighted by Gasteiger charge is 2.27. The second-order valence-electron chi connectivity index (χ2n) is 6.21. The first-order valence-electron chi connectivity index (χ1n) is 8.63. The highest BCUT2D eigenvalue weighted by molar-refractivity contribution is 7.71. The lowest BCUT2D eigenvalue weighted by atomic mass is 10.2. The summed E-state index contributed by atoms with van der Waals surface area (Å²) in [6, 6.07) is 8.82. The molecule has 0 aliphatic carbocycles. The first kappa shape index (κ1) is 16.6. The first-order valence-corrected chi connectivity index (χ1v) is 9.92. The maximum Gasteiger partial charge on any atom is 0.199 e. The summed E-state index contributed by atoms with van der Waals surface area (Å²) >= 11 is 7.55. The van der Waals surface area contributed by atoms with Crippen LogP contribution in [0, 0.1) is 4.77 Å². The number of hydrogen-bond donors (Lipinski definition) is 0. The lowest BCUT2D eigenvalue weighted by Crippen LogP contribution is -2.26. The van der Waals surface area contributed by atoms with Crippen LogP contribution in [0.25, 0.3) is 11.4 Å². The molecule has 0 N–H and O–H groups in total. The lowest BCUT2D eigenvalue weighted by Gasteiger charge is -2.23. The minimum Gasteiger partial charge on any atom is -0.300 e. The third-order valence-corrected chi connectivity index (χ3v) is 6.13. The Kier molecular flexibility index (Phi) is 4.78. The van der Waals surface area contributed by atoms with Crippen LogP contribution >= 0.6 is 23.6 Å². The van der Waals surface area contributed by atoms with Crippen LogP contribution in [0.5, 0.6) is 0 Å². The van der Waals surface area contributed by atoms with E-state index in [1.54, 1.807) is 12.4 Å². The molecule has 0 unspecified atom stereocenters. The molecule has 3 aromatic heterocycles. The van der Waals surface area contributed by atoms with Gasteiger partial charge in [0.15, 0.2) is 10.6 Å². The summed E-state index contributed by atoms with van der Waals surface area (Å²) in [6.45, 7) is 4.75. The number of pyridine rings is 1. The van der Waals surface area contributed by atoms with E-state index in [0.717, 1.165) is 35.9 Å². The summed E-state index contributed by atoms with van der Waals surface area (Å²) in [5.74, 6) is 0.918. The largest absolute Gasteiger partial charge is 0.300 e. The van der Waals surface area contributed by atoms with Gasteiger partial charge in [0.05, 0.1) is 6.67 Å². The zero-order valence-corrected chi connectivity index (χ0v) is 15.8. The molecule has 0 bridgehead atoms. The number of nitrogens with zero attached hydrogens (tertiary/aromatic N) is 5. The normalized spacial score (nSPS) is 18.0. The molecular formula is C18H21N5S2. The molecule has 1 saturated heterocycles. The minimum atomic E-state index is 0.484. The third kappa shape index (κ3) is 3.19. The van der Waals surface area contributed by atoms with Gasteiger partial charge in [-0.25, -0.2) is 4.68 Å². The van der Waals surface area contributed by atoms with Gasteiger partial charge in [0.25, 0.3) is 0 Å². The first-order chi connectivity index (χ1) is 12.3. The number of rotatable bonds is 5. The quantitative estimate of drug-likeness (QED) is 0.625. The van der Waals surface area contributed by atoms with Gasteiger partial charge in [-0.05, 0) is 55.6 Å². The summed E-state index contributed by atoms with van der Waals surface area (Å²) in [7, 11) is 0. The van der Waals surface area contributed by atoms with Crippen molar-refractivity contribution in [2.24, 2.45) is 0 Å². The van der Waals surface area contributed by atoms with Crippen LogP contribution in [-0.2, 0) is 13.2 Å². The van der Waals surface area contributed by atoms with Crippen molar-refractivity contribution in [3.63, 3.8) is 0 Å². The summed E-state index contributed by atoms with van der Waals surface area (Å²) in [5.41, 5.74) is 1.05. The van der Waals surface area contributed by atoms with E-state index in [1.165, 1.54) is 17.7 Å². The maximum absolute atomic E-state index is 5.71. The van der Waals surface area contributed by atoms with Gasteiger partial charge in [-0.3, -0.25) is 9.88 Å². The predicted molar refractivity (Wildman–Crippen MR) is 103 cm³/mol. The van der Waals surface area contributed by atoms with Gasteiger partial charge in [0.2, 0.25) is 0 Å². The molecule has 1 fully saturated rings. The Morgan fingerprint density at radius 1 is 1.28 bits per heavy atom. The number of hydrogen-bond acceptors (Lipinski definition) is 5. The number of thiophene rings is 1. The molecule has 3 aromatic rings. The van der Waals surface area contributed by atoms with Gasteiger partial charge in [-0.15, -0.1) is 11.3 Å². The molecule has 25 heavy (non-hydrogen) atoms. The SMILES string of the molecule is CCn1c(-c2ccncc2)nn(CN2CCC[C@@H]2c2cccs2)c1=S. The van der Waals surface area contributed by atoms with Crippen LogP contribution < -0.4 is 0 Å². The van der Waals surface area contributed by atoms with Crippen molar-refractivity contribution in [1.82, 2.24) is 24.2 Å². The second-order valence-corrected chi connectivity index (χ2v) is 7.56. The summed E-state index contributed by atoms with van der Waals surface area (Å²) in [6.07, 6.45) is 6.02. The van der Waals surface area contributed by atoms with Gasteiger partial charge < -0.3 is 4.57 Å². The van der Waals surface area contributed by atoms with Crippen molar-refractivity contribution in [2.45, 2.75) is 39.0 Å². The Labute approximate surface area is 156 Å². The fourth-order valence-electron chi connectivity index (χ4n) is 3.50. The van der Waals surface area contributed by atoms with E-state index in [-0.39, 0.29) is 0 Å². The Hall–Kier alpha value is -1.83. The molecule has 4 heterocycles. The Bertz CT molecular complexity index is 882. The van der Waals surface area contributed by atoms with Crippen molar-refractivity contribution in [3.8, 4) is 11.4 Å². The number of likely N-dealkylation sites (tertiary alicyclic amines) is 1. The van der Waals surface area contributed by atoms with Gasteiger partial charge in [-0.1, -0.05) is 6.07 Å². The average Bonchev–Trinajstić information content (AvgIpc) is 3.37. The van der Waals surface area contributed by atoms with Crippen LogP contribution in [0.15, 0.2) is 42.0 Å². The molecular weight excluding hydrogens is 350 g/mol. The number of aromatic nitrogens is 4. The lowest BCUT2D eigenvalue weighted by molar-refractivity contribution is 0.192. The monoisotopic (exact) mass is 371 g/mol. The Morgan fingerprint density at radius 2 is 2.12 bits per heavy atom. The summed E-state index contributed by atoms with van der Waals surface area (Å²) < 4.78 is 4.85. The van der Waals surface area contributed by atoms with Crippen LogP contribution in [0.1, 0.15) is 30.7 Å². The molecule has 0 radical (unpaired) electrons. The van der Waals surface area contributed by atoms with E-state index in [1.807, 2.05) is 28.2 Å². The summed E-state index contributed by atoms with van der Waals surface area (Å²) in [5, 5.41) is 7.00.